The van der Waals surface area contributed by atoms with Crippen LogP contribution in [-0.4, -0.2) is 63.5 Å². The third-order valence-corrected chi connectivity index (χ3v) is 8.49. The van der Waals surface area contributed by atoms with Gasteiger partial charge in [-0.25, -0.2) is 13.1 Å². The fourth-order valence-corrected chi connectivity index (χ4v) is 6.29. The van der Waals surface area contributed by atoms with Gasteiger partial charge in [-0.05, 0) is 55.8 Å². The molecule has 1 aromatic rings. The van der Waals surface area contributed by atoms with E-state index in [2.05, 4.69) is 28.4 Å². The van der Waals surface area contributed by atoms with Crippen LogP contribution in [0.25, 0.3) is 0 Å². The summed E-state index contributed by atoms with van der Waals surface area (Å²) in [5.74, 6) is 1.48. The van der Waals surface area contributed by atoms with Crippen molar-refractivity contribution in [3.8, 4) is 0 Å². The predicted molar refractivity (Wildman–Crippen MR) is 98.9 cm³/mol. The largest absolute Gasteiger partial charge is 0.304 e. The van der Waals surface area contributed by atoms with Crippen LogP contribution in [0, 0.1) is 11.8 Å². The van der Waals surface area contributed by atoms with Crippen LogP contribution in [0.1, 0.15) is 26.7 Å². The lowest BCUT2D eigenvalue weighted by atomic mass is 9.75. The van der Waals surface area contributed by atoms with Crippen molar-refractivity contribution >= 4 is 21.4 Å². The Kier molecular flexibility index (Phi) is 5.98. The van der Waals surface area contributed by atoms with Gasteiger partial charge in [-0.2, -0.15) is 0 Å². The molecule has 0 aromatic carbocycles. The summed E-state index contributed by atoms with van der Waals surface area (Å²) >= 11 is 1.27. The van der Waals surface area contributed by atoms with E-state index < -0.39 is 10.0 Å². The standard InChI is InChI=1S/C17H29N3O2S2/c1-3-19(4-2)12-15-13-20-8-7-14(15)10-16(20)11-18-24(21,22)17-6-5-9-23-17/h5-6,9,14-16,18H,3-4,7-8,10-13H2,1-2H3. The van der Waals surface area contributed by atoms with Crippen molar-refractivity contribution in [3.63, 3.8) is 0 Å². The third-order valence-electron chi connectivity index (χ3n) is 5.67. The van der Waals surface area contributed by atoms with Crippen molar-refractivity contribution < 1.29 is 8.42 Å². The van der Waals surface area contributed by atoms with E-state index >= 15 is 0 Å². The Morgan fingerprint density at radius 2 is 2.17 bits per heavy atom. The summed E-state index contributed by atoms with van der Waals surface area (Å²) in [5, 5.41) is 1.80. The maximum absolute atomic E-state index is 12.3. The lowest BCUT2D eigenvalue weighted by Gasteiger charge is -2.50. The van der Waals surface area contributed by atoms with Crippen LogP contribution in [0.15, 0.2) is 21.7 Å². The minimum atomic E-state index is -3.34. The molecule has 3 saturated heterocycles. The number of thiophene rings is 1. The van der Waals surface area contributed by atoms with E-state index in [0.29, 0.717) is 16.8 Å². The average Bonchev–Trinajstić information content (AvgIpc) is 3.14. The molecule has 0 saturated carbocycles. The summed E-state index contributed by atoms with van der Waals surface area (Å²) in [5.41, 5.74) is 0. The second-order valence-electron chi connectivity index (χ2n) is 6.96. The minimum Gasteiger partial charge on any atom is -0.304 e. The molecule has 2 bridgehead atoms. The number of piperidine rings is 3. The van der Waals surface area contributed by atoms with Crippen LogP contribution in [0.2, 0.25) is 0 Å². The molecule has 4 rings (SSSR count). The molecule has 24 heavy (non-hydrogen) atoms. The Labute approximate surface area is 150 Å². The number of nitrogens with zero attached hydrogens (tertiary/aromatic N) is 2. The van der Waals surface area contributed by atoms with Crippen molar-refractivity contribution in [2.45, 2.75) is 36.9 Å². The second-order valence-corrected chi connectivity index (χ2v) is 9.90. The number of sulfonamides is 1. The highest BCUT2D eigenvalue weighted by atomic mass is 32.2. The van der Waals surface area contributed by atoms with Crippen LogP contribution in [0.5, 0.6) is 0 Å². The summed E-state index contributed by atoms with van der Waals surface area (Å²) in [6.07, 6.45) is 2.39. The van der Waals surface area contributed by atoms with Crippen molar-refractivity contribution in [2.24, 2.45) is 11.8 Å². The SMILES string of the molecule is CCN(CC)CC1CN2CCC1CC2CNS(=O)(=O)c1cccs1. The van der Waals surface area contributed by atoms with E-state index in [0.717, 1.165) is 44.4 Å². The highest BCUT2D eigenvalue weighted by Crippen LogP contribution is 2.36. The van der Waals surface area contributed by atoms with Crippen molar-refractivity contribution in [1.29, 1.82) is 0 Å². The first-order valence-electron chi connectivity index (χ1n) is 9.03. The van der Waals surface area contributed by atoms with Gasteiger partial charge in [-0.1, -0.05) is 19.9 Å². The van der Waals surface area contributed by atoms with Gasteiger partial charge in [0.15, 0.2) is 0 Å². The van der Waals surface area contributed by atoms with Crippen LogP contribution in [0.3, 0.4) is 0 Å². The van der Waals surface area contributed by atoms with E-state index in [-0.39, 0.29) is 0 Å². The van der Waals surface area contributed by atoms with Crippen LogP contribution in [-0.2, 0) is 10.0 Å². The zero-order chi connectivity index (χ0) is 17.2. The van der Waals surface area contributed by atoms with E-state index in [1.54, 1.807) is 17.5 Å². The van der Waals surface area contributed by atoms with Crippen molar-refractivity contribution in [1.82, 2.24) is 14.5 Å². The molecule has 0 spiro atoms. The summed E-state index contributed by atoms with van der Waals surface area (Å²) in [7, 11) is -3.34. The van der Waals surface area contributed by atoms with Crippen LogP contribution in [0.4, 0.5) is 0 Å². The van der Waals surface area contributed by atoms with Crippen LogP contribution >= 0.6 is 11.3 Å². The van der Waals surface area contributed by atoms with Gasteiger partial charge in [0.1, 0.15) is 4.21 Å². The normalized spacial score (nSPS) is 30.1. The lowest BCUT2D eigenvalue weighted by molar-refractivity contribution is -0.00911. The molecule has 3 fully saturated rings. The van der Waals surface area contributed by atoms with Gasteiger partial charge in [0, 0.05) is 25.7 Å². The Bertz CT molecular complexity index is 614. The molecule has 3 aliphatic heterocycles. The minimum absolute atomic E-state index is 0.353. The van der Waals surface area contributed by atoms with Gasteiger partial charge < -0.3 is 4.90 Å². The Hall–Kier alpha value is -0.470. The number of nitrogens with one attached hydrogen (secondary N) is 1. The molecule has 4 heterocycles. The van der Waals surface area contributed by atoms with Gasteiger partial charge in [-0.15, -0.1) is 11.3 Å². The fraction of sp³-hybridized carbons (Fsp3) is 0.765. The van der Waals surface area contributed by atoms with Gasteiger partial charge in [0.2, 0.25) is 10.0 Å². The molecule has 136 valence electrons. The predicted octanol–water partition coefficient (Wildman–Crippen LogP) is 2.08. The maximum Gasteiger partial charge on any atom is 0.250 e. The zero-order valence-electron chi connectivity index (χ0n) is 14.6. The fourth-order valence-electron chi connectivity index (χ4n) is 4.18. The van der Waals surface area contributed by atoms with Crippen molar-refractivity contribution in [3.05, 3.63) is 17.5 Å². The number of hydrogen-bond acceptors (Lipinski definition) is 5. The van der Waals surface area contributed by atoms with Crippen LogP contribution < -0.4 is 4.72 Å². The van der Waals surface area contributed by atoms with E-state index in [1.165, 1.54) is 24.3 Å². The quantitative estimate of drug-likeness (QED) is 0.760. The first-order chi connectivity index (χ1) is 11.5. The number of rotatable bonds is 8. The highest BCUT2D eigenvalue weighted by molar-refractivity contribution is 7.91. The lowest BCUT2D eigenvalue weighted by Crippen LogP contribution is -2.58. The number of fused-ring (bicyclic) bond motifs is 3. The summed E-state index contributed by atoms with van der Waals surface area (Å²) < 4.78 is 27.8. The Balaban J connectivity index is 1.55. The molecular weight excluding hydrogens is 342 g/mol. The molecular formula is C17H29N3O2S2. The smallest absolute Gasteiger partial charge is 0.250 e. The Morgan fingerprint density at radius 1 is 1.38 bits per heavy atom. The molecule has 4 unspecified atom stereocenters. The van der Waals surface area contributed by atoms with Gasteiger partial charge in [0.25, 0.3) is 0 Å². The molecule has 4 atom stereocenters. The summed E-state index contributed by atoms with van der Waals surface area (Å²) in [6, 6.07) is 3.80. The monoisotopic (exact) mass is 371 g/mol. The molecule has 3 aliphatic rings. The highest BCUT2D eigenvalue weighted by Gasteiger charge is 2.40. The summed E-state index contributed by atoms with van der Waals surface area (Å²) in [4.78, 5) is 5.02. The molecule has 0 amide bonds. The van der Waals surface area contributed by atoms with Gasteiger partial charge in [0.05, 0.1) is 0 Å². The molecule has 0 radical (unpaired) electrons. The van der Waals surface area contributed by atoms with E-state index in [1.807, 2.05) is 0 Å². The third kappa shape index (κ3) is 4.02. The number of hydrogen-bond donors (Lipinski definition) is 1. The maximum atomic E-state index is 12.3. The molecule has 7 heteroatoms. The second kappa shape index (κ2) is 7.83. The van der Waals surface area contributed by atoms with E-state index in [9.17, 15) is 8.42 Å². The molecule has 5 nitrogen and oxygen atoms in total. The molecule has 1 aromatic heterocycles. The molecule has 1 N–H and O–H groups in total. The van der Waals surface area contributed by atoms with Crippen molar-refractivity contribution in [2.75, 3.05) is 39.3 Å². The zero-order valence-corrected chi connectivity index (χ0v) is 16.3. The first kappa shape index (κ1) is 18.3. The van der Waals surface area contributed by atoms with Gasteiger partial charge >= 0.3 is 0 Å². The Morgan fingerprint density at radius 3 is 2.75 bits per heavy atom. The average molecular weight is 372 g/mol. The van der Waals surface area contributed by atoms with Gasteiger partial charge in [-0.3, -0.25) is 4.90 Å². The molecule has 0 aliphatic carbocycles. The topological polar surface area (TPSA) is 52.6 Å². The summed E-state index contributed by atoms with van der Waals surface area (Å²) in [6.45, 7) is 10.6. The first-order valence-corrected chi connectivity index (χ1v) is 11.4. The van der Waals surface area contributed by atoms with E-state index in [4.69, 9.17) is 0 Å².